The molecule has 1 spiro atoms. The van der Waals surface area contributed by atoms with Gasteiger partial charge in [0.25, 0.3) is 0 Å². The van der Waals surface area contributed by atoms with Gasteiger partial charge in [0.1, 0.15) is 24.9 Å². The average molecular weight is 545 g/mol. The predicted molar refractivity (Wildman–Crippen MR) is 131 cm³/mol. The SMILES string of the molecule is C[C@]12[C@H](O)C(=O)[C@H]3[C@@H](CCC4=C[C@H]5O[C@@H]6OCC[C@H]7OCO[C@@]67O[C@@H]5C[C@@]43C)[C@@]1(O)CC[C@@H]2C1=CC(=O)OC1. The van der Waals surface area contributed by atoms with Gasteiger partial charge in [-0.3, -0.25) is 4.79 Å². The summed E-state index contributed by atoms with van der Waals surface area (Å²) in [6.07, 6.45) is 4.03. The first kappa shape index (κ1) is 25.1. The smallest absolute Gasteiger partial charge is 0.331 e. The van der Waals surface area contributed by atoms with Crippen molar-refractivity contribution in [2.24, 2.45) is 28.6 Å². The lowest BCUT2D eigenvalue weighted by Crippen LogP contribution is -2.71. The van der Waals surface area contributed by atoms with Gasteiger partial charge in [0.15, 0.2) is 12.6 Å². The Morgan fingerprint density at radius 2 is 1.95 bits per heavy atom. The third-order valence-electron chi connectivity index (χ3n) is 11.9. The summed E-state index contributed by atoms with van der Waals surface area (Å²) in [5, 5.41) is 24.2. The number of ketones is 1. The van der Waals surface area contributed by atoms with Gasteiger partial charge in [-0.05, 0) is 49.5 Å². The lowest BCUT2D eigenvalue weighted by atomic mass is 9.43. The second kappa shape index (κ2) is 8.00. The number of aliphatic hydroxyl groups is 2. The molecule has 0 bridgehead atoms. The van der Waals surface area contributed by atoms with E-state index in [1.54, 1.807) is 0 Å². The maximum Gasteiger partial charge on any atom is 0.331 e. The molecule has 2 N–H and O–H groups in total. The second-order valence-electron chi connectivity index (χ2n) is 13.3. The third-order valence-corrected chi connectivity index (χ3v) is 11.9. The first-order chi connectivity index (χ1) is 18.6. The van der Waals surface area contributed by atoms with Crippen LogP contribution in [0.2, 0.25) is 0 Å². The van der Waals surface area contributed by atoms with Crippen molar-refractivity contribution in [3.8, 4) is 0 Å². The summed E-state index contributed by atoms with van der Waals surface area (Å²) >= 11 is 0. The fourth-order valence-corrected chi connectivity index (χ4v) is 9.91. The van der Waals surface area contributed by atoms with Crippen LogP contribution in [0, 0.1) is 28.6 Å². The molecule has 0 aromatic heterocycles. The highest BCUT2D eigenvalue weighted by Crippen LogP contribution is 2.69. The topological polar surface area (TPSA) is 130 Å². The minimum Gasteiger partial charge on any atom is -0.458 e. The Kier molecular flexibility index (Phi) is 5.14. The molecule has 4 aliphatic carbocycles. The first-order valence-electron chi connectivity index (χ1n) is 14.3. The standard InChI is InChI=1S/C29H36O10/c1-26-11-19-18(38-25-29(39-19)20(6-8-34-25)36-13-37-29)10-15(26)3-4-17-22(26)23(31)24(32)27(2)16(5-7-28(17,27)33)14-9-21(30)35-12-14/h9-10,16-20,22,24-25,32-33H,3-8,11-13H2,1-2H3/t16-,17-,18-,19-,20-,22-,24-,25+,26+,27+,28+,29+/m1/s1. The minimum absolute atomic E-state index is 0.110. The molecule has 12 atom stereocenters. The third kappa shape index (κ3) is 2.96. The molecule has 8 aliphatic rings. The van der Waals surface area contributed by atoms with Crippen LogP contribution in [-0.4, -0.2) is 84.1 Å². The van der Waals surface area contributed by atoms with E-state index in [1.807, 2.05) is 6.92 Å². The molecule has 212 valence electrons. The van der Waals surface area contributed by atoms with Gasteiger partial charge in [0.05, 0.1) is 18.3 Å². The van der Waals surface area contributed by atoms with Crippen molar-refractivity contribution < 1.29 is 48.2 Å². The summed E-state index contributed by atoms with van der Waals surface area (Å²) in [5.74, 6) is -2.97. The van der Waals surface area contributed by atoms with Crippen molar-refractivity contribution in [2.75, 3.05) is 20.0 Å². The highest BCUT2D eigenvalue weighted by molar-refractivity contribution is 5.90. The monoisotopic (exact) mass is 544 g/mol. The number of carbonyl (C=O) groups excluding carboxylic acids is 2. The molecule has 6 fully saturated rings. The van der Waals surface area contributed by atoms with E-state index in [0.29, 0.717) is 38.7 Å². The van der Waals surface area contributed by atoms with E-state index in [4.69, 9.17) is 28.4 Å². The Morgan fingerprint density at radius 1 is 1.10 bits per heavy atom. The summed E-state index contributed by atoms with van der Waals surface area (Å²) in [4.78, 5) is 26.1. The van der Waals surface area contributed by atoms with Crippen molar-refractivity contribution in [1.82, 2.24) is 0 Å². The van der Waals surface area contributed by atoms with Crippen LogP contribution in [-0.2, 0) is 38.0 Å². The zero-order chi connectivity index (χ0) is 26.9. The summed E-state index contributed by atoms with van der Waals surface area (Å²) < 4.78 is 35.9. The molecule has 0 aromatic carbocycles. The maximum atomic E-state index is 14.3. The van der Waals surface area contributed by atoms with Crippen molar-refractivity contribution in [3.63, 3.8) is 0 Å². The maximum absolute atomic E-state index is 14.3. The van der Waals surface area contributed by atoms with E-state index >= 15 is 0 Å². The number of rotatable bonds is 1. The van der Waals surface area contributed by atoms with Crippen molar-refractivity contribution in [1.29, 1.82) is 0 Å². The van der Waals surface area contributed by atoms with E-state index in [0.717, 1.165) is 17.6 Å². The Balaban J connectivity index is 1.16. The number of hydrogen-bond acceptors (Lipinski definition) is 10. The van der Waals surface area contributed by atoms with E-state index in [2.05, 4.69) is 13.0 Å². The van der Waals surface area contributed by atoms with Crippen molar-refractivity contribution in [3.05, 3.63) is 23.3 Å². The number of carbonyl (C=O) groups is 2. The van der Waals surface area contributed by atoms with E-state index < -0.39 is 52.6 Å². The number of cyclic esters (lactones) is 1. The molecular formula is C29H36O10. The molecular weight excluding hydrogens is 508 g/mol. The van der Waals surface area contributed by atoms with Gasteiger partial charge in [-0.2, -0.15) is 0 Å². The average Bonchev–Trinajstić information content (AvgIpc) is 3.60. The molecule has 0 unspecified atom stereocenters. The Morgan fingerprint density at radius 3 is 2.74 bits per heavy atom. The number of allylic oxidation sites excluding steroid dienone is 1. The van der Waals surface area contributed by atoms with Crippen LogP contribution in [0.5, 0.6) is 0 Å². The van der Waals surface area contributed by atoms with E-state index in [-0.39, 0.29) is 43.2 Å². The Bertz CT molecular complexity index is 1200. The molecule has 4 heterocycles. The zero-order valence-corrected chi connectivity index (χ0v) is 22.3. The van der Waals surface area contributed by atoms with Crippen LogP contribution >= 0.6 is 0 Å². The Labute approximate surface area is 226 Å². The van der Waals surface area contributed by atoms with Gasteiger partial charge in [-0.15, -0.1) is 0 Å². The molecule has 0 radical (unpaired) electrons. The highest BCUT2D eigenvalue weighted by atomic mass is 16.9. The van der Waals surface area contributed by atoms with Gasteiger partial charge in [0, 0.05) is 29.2 Å². The summed E-state index contributed by atoms with van der Waals surface area (Å²) in [6, 6.07) is 0. The predicted octanol–water partition coefficient (Wildman–Crippen LogP) is 1.52. The van der Waals surface area contributed by atoms with Gasteiger partial charge >= 0.3 is 5.97 Å². The van der Waals surface area contributed by atoms with E-state index in [9.17, 15) is 19.8 Å². The summed E-state index contributed by atoms with van der Waals surface area (Å²) in [6.45, 7) is 4.67. The fourth-order valence-electron chi connectivity index (χ4n) is 9.91. The van der Waals surface area contributed by atoms with Crippen LogP contribution in [0.4, 0.5) is 0 Å². The molecule has 10 heteroatoms. The summed E-state index contributed by atoms with van der Waals surface area (Å²) in [5.41, 5.74) is -1.11. The number of aliphatic hydroxyl groups excluding tert-OH is 1. The number of esters is 1. The quantitative estimate of drug-likeness (QED) is 0.370. The molecule has 10 nitrogen and oxygen atoms in total. The second-order valence-corrected chi connectivity index (χ2v) is 13.3. The van der Waals surface area contributed by atoms with Crippen LogP contribution in [0.1, 0.15) is 52.4 Å². The number of Topliss-reactive ketones (excluding diaryl/α,β-unsaturated/α-hetero) is 1. The largest absolute Gasteiger partial charge is 0.458 e. The molecule has 0 amide bonds. The minimum atomic E-state index is -1.36. The highest BCUT2D eigenvalue weighted by Gasteiger charge is 2.74. The first-order valence-corrected chi connectivity index (χ1v) is 14.3. The number of ether oxygens (including phenoxy) is 6. The molecule has 3 saturated carbocycles. The van der Waals surface area contributed by atoms with Gasteiger partial charge in [0.2, 0.25) is 12.1 Å². The molecule has 4 aliphatic heterocycles. The number of hydrogen-bond donors (Lipinski definition) is 2. The zero-order valence-electron chi connectivity index (χ0n) is 22.3. The molecule has 3 saturated heterocycles. The van der Waals surface area contributed by atoms with Crippen LogP contribution in [0.25, 0.3) is 0 Å². The molecule has 8 rings (SSSR count). The van der Waals surface area contributed by atoms with Crippen molar-refractivity contribution >= 4 is 11.8 Å². The van der Waals surface area contributed by atoms with E-state index in [1.165, 1.54) is 6.08 Å². The van der Waals surface area contributed by atoms with Gasteiger partial charge in [-0.25, -0.2) is 4.79 Å². The van der Waals surface area contributed by atoms with Crippen LogP contribution < -0.4 is 0 Å². The fraction of sp³-hybridized carbons (Fsp3) is 0.793. The van der Waals surface area contributed by atoms with Gasteiger partial charge < -0.3 is 38.6 Å². The van der Waals surface area contributed by atoms with Crippen molar-refractivity contribution in [2.45, 2.75) is 94.5 Å². The van der Waals surface area contributed by atoms with Crippen LogP contribution in [0.15, 0.2) is 23.3 Å². The summed E-state index contributed by atoms with van der Waals surface area (Å²) in [7, 11) is 0. The normalized spacial score (nSPS) is 55.8. The Hall–Kier alpha value is -1.66. The van der Waals surface area contributed by atoms with Crippen LogP contribution in [0.3, 0.4) is 0 Å². The molecule has 0 aromatic rings. The number of fused-ring (bicyclic) bond motifs is 6. The lowest BCUT2D eigenvalue weighted by molar-refractivity contribution is -0.421. The lowest BCUT2D eigenvalue weighted by Gasteiger charge is -2.63. The van der Waals surface area contributed by atoms with Gasteiger partial charge in [-0.1, -0.05) is 25.5 Å². The molecule has 39 heavy (non-hydrogen) atoms.